The molecule has 18 heavy (non-hydrogen) atoms. The van der Waals surface area contributed by atoms with E-state index in [1.54, 1.807) is 22.9 Å². The summed E-state index contributed by atoms with van der Waals surface area (Å²) in [5.41, 5.74) is 1.02. The van der Waals surface area contributed by atoms with Crippen LogP contribution in [0.3, 0.4) is 0 Å². The van der Waals surface area contributed by atoms with Gasteiger partial charge in [-0.2, -0.15) is 0 Å². The summed E-state index contributed by atoms with van der Waals surface area (Å²) in [4.78, 5) is 11.4. The van der Waals surface area contributed by atoms with Crippen LogP contribution in [0, 0.1) is 0 Å². The zero-order valence-electron chi connectivity index (χ0n) is 9.66. The van der Waals surface area contributed by atoms with Crippen molar-refractivity contribution in [3.8, 4) is 0 Å². The number of hydrogen-bond donors (Lipinski definition) is 2. The van der Waals surface area contributed by atoms with Crippen LogP contribution in [0.5, 0.6) is 0 Å². The van der Waals surface area contributed by atoms with Gasteiger partial charge in [0, 0.05) is 17.3 Å². The summed E-state index contributed by atoms with van der Waals surface area (Å²) in [5, 5.41) is 14.9. The van der Waals surface area contributed by atoms with Crippen LogP contribution in [0.4, 0.5) is 0 Å². The Morgan fingerprint density at radius 2 is 1.89 bits per heavy atom. The molecule has 0 atom stereocenters. The fourth-order valence-corrected chi connectivity index (χ4v) is 1.64. The molecule has 1 aromatic carbocycles. The lowest BCUT2D eigenvalue weighted by molar-refractivity contribution is 0.448. The number of halogens is 1. The third kappa shape index (κ3) is 4.75. The summed E-state index contributed by atoms with van der Waals surface area (Å²) >= 11 is 5.86. The number of nitrogens with zero attached hydrogens (tertiary/aromatic N) is 1. The molecular weight excluding hydrogens is 252 g/mol. The largest absolute Gasteiger partial charge is 0.432 e. The van der Waals surface area contributed by atoms with Crippen molar-refractivity contribution in [3.63, 3.8) is 0 Å². The molecule has 0 spiro atoms. The van der Waals surface area contributed by atoms with Crippen LogP contribution in [-0.2, 0) is 6.54 Å². The van der Waals surface area contributed by atoms with Gasteiger partial charge in [0.15, 0.2) is 0 Å². The fourth-order valence-electron chi connectivity index (χ4n) is 1.42. The second kappa shape index (κ2) is 7.71. The van der Waals surface area contributed by atoms with Gasteiger partial charge >= 0.3 is 7.69 Å². The van der Waals surface area contributed by atoms with E-state index in [0.29, 0.717) is 11.6 Å². The topological polar surface area (TPSA) is 62.5 Å². The fraction of sp³-hybridized carbons (Fsp3) is 0.0833. The highest BCUT2D eigenvalue weighted by Gasteiger charge is 1.97. The highest BCUT2D eigenvalue weighted by atomic mass is 35.5. The number of benzene rings is 1. The molecule has 2 aromatic rings. The predicted octanol–water partition coefficient (Wildman–Crippen LogP) is 0.787. The SMILES string of the molecule is O=c1ccccn1Cc1cccc(Cl)c1.OBO. The third-order valence-corrected chi connectivity index (χ3v) is 2.38. The van der Waals surface area contributed by atoms with Crippen LogP contribution < -0.4 is 5.56 Å². The molecule has 2 N–H and O–H groups in total. The summed E-state index contributed by atoms with van der Waals surface area (Å²) in [5.74, 6) is 0. The number of rotatable bonds is 2. The summed E-state index contributed by atoms with van der Waals surface area (Å²) in [7, 11) is -0.750. The molecular formula is C12H13BClNO3. The van der Waals surface area contributed by atoms with Crippen molar-refractivity contribution in [3.05, 3.63) is 69.6 Å². The van der Waals surface area contributed by atoms with E-state index in [-0.39, 0.29) is 5.56 Å². The first kappa shape index (κ1) is 14.5. The van der Waals surface area contributed by atoms with E-state index in [4.69, 9.17) is 21.6 Å². The Morgan fingerprint density at radius 3 is 2.50 bits per heavy atom. The maximum Gasteiger partial charge on any atom is 0.432 e. The zero-order valence-corrected chi connectivity index (χ0v) is 10.4. The van der Waals surface area contributed by atoms with E-state index in [0.717, 1.165) is 5.56 Å². The van der Waals surface area contributed by atoms with Gasteiger partial charge in [0.25, 0.3) is 5.56 Å². The molecule has 94 valence electrons. The number of pyridine rings is 1. The van der Waals surface area contributed by atoms with Crippen molar-refractivity contribution in [1.29, 1.82) is 0 Å². The zero-order chi connectivity index (χ0) is 13.4. The van der Waals surface area contributed by atoms with Crippen LogP contribution in [0.15, 0.2) is 53.5 Å². The summed E-state index contributed by atoms with van der Waals surface area (Å²) < 4.78 is 1.64. The first-order chi connectivity index (χ1) is 8.67. The average Bonchev–Trinajstić information content (AvgIpc) is 2.33. The molecule has 0 aliphatic rings. The molecule has 0 saturated carbocycles. The summed E-state index contributed by atoms with van der Waals surface area (Å²) in [6, 6.07) is 12.6. The Kier molecular flexibility index (Phi) is 6.21. The van der Waals surface area contributed by atoms with Gasteiger partial charge in [0.05, 0.1) is 6.54 Å². The Labute approximate surface area is 110 Å². The van der Waals surface area contributed by atoms with Gasteiger partial charge in [0.2, 0.25) is 0 Å². The Morgan fingerprint density at radius 1 is 1.17 bits per heavy atom. The van der Waals surface area contributed by atoms with E-state index in [2.05, 4.69) is 0 Å². The second-order valence-electron chi connectivity index (χ2n) is 3.44. The first-order valence-corrected chi connectivity index (χ1v) is 5.67. The molecule has 0 unspecified atom stereocenters. The van der Waals surface area contributed by atoms with Crippen molar-refractivity contribution in [2.24, 2.45) is 0 Å². The lowest BCUT2D eigenvalue weighted by Crippen LogP contribution is -2.18. The molecule has 1 heterocycles. The molecule has 4 nitrogen and oxygen atoms in total. The molecule has 6 heteroatoms. The van der Waals surface area contributed by atoms with Crippen LogP contribution in [-0.4, -0.2) is 22.3 Å². The predicted molar refractivity (Wildman–Crippen MR) is 72.8 cm³/mol. The van der Waals surface area contributed by atoms with Crippen molar-refractivity contribution in [2.75, 3.05) is 0 Å². The van der Waals surface area contributed by atoms with Crippen LogP contribution in [0.25, 0.3) is 0 Å². The minimum Gasteiger partial charge on any atom is -0.430 e. The third-order valence-electron chi connectivity index (χ3n) is 2.14. The van der Waals surface area contributed by atoms with Crippen molar-refractivity contribution < 1.29 is 10.0 Å². The Bertz CT molecular complexity index is 545. The van der Waals surface area contributed by atoms with Gasteiger partial charge in [-0.15, -0.1) is 0 Å². The van der Waals surface area contributed by atoms with Crippen LogP contribution in [0.1, 0.15) is 5.56 Å². The molecule has 0 saturated heterocycles. The molecule has 0 aliphatic heterocycles. The second-order valence-corrected chi connectivity index (χ2v) is 3.87. The molecule has 0 amide bonds. The van der Waals surface area contributed by atoms with E-state index < -0.39 is 7.69 Å². The monoisotopic (exact) mass is 265 g/mol. The maximum absolute atomic E-state index is 11.4. The van der Waals surface area contributed by atoms with E-state index in [9.17, 15) is 4.79 Å². The normalized spacial score (nSPS) is 9.28. The lowest BCUT2D eigenvalue weighted by atomic mass is 10.2. The Hall–Kier alpha value is -1.56. The van der Waals surface area contributed by atoms with E-state index in [1.807, 2.05) is 30.3 Å². The van der Waals surface area contributed by atoms with Gasteiger partial charge < -0.3 is 14.6 Å². The van der Waals surface area contributed by atoms with Crippen molar-refractivity contribution in [1.82, 2.24) is 4.57 Å². The highest BCUT2D eigenvalue weighted by molar-refractivity contribution is 6.30. The molecule has 2 rings (SSSR count). The summed E-state index contributed by atoms with van der Waals surface area (Å²) in [6.45, 7) is 0.556. The van der Waals surface area contributed by atoms with Gasteiger partial charge in [-0.05, 0) is 23.8 Å². The molecule has 0 radical (unpaired) electrons. The Balaban J connectivity index is 0.000000492. The van der Waals surface area contributed by atoms with E-state index >= 15 is 0 Å². The standard InChI is InChI=1S/C12H10ClNO.BH3O2/c13-11-5-3-4-10(8-11)9-14-7-2-1-6-12(14)15;2-1-3/h1-8H,9H2;1-3H. The van der Waals surface area contributed by atoms with Gasteiger partial charge in [-0.25, -0.2) is 0 Å². The lowest BCUT2D eigenvalue weighted by Gasteiger charge is -2.04. The molecule has 0 fully saturated rings. The number of aromatic nitrogens is 1. The van der Waals surface area contributed by atoms with Crippen molar-refractivity contribution >= 4 is 19.3 Å². The van der Waals surface area contributed by atoms with Gasteiger partial charge in [-0.3, -0.25) is 4.79 Å². The van der Waals surface area contributed by atoms with Gasteiger partial charge in [-0.1, -0.05) is 29.8 Å². The minimum atomic E-state index is -0.750. The van der Waals surface area contributed by atoms with Crippen molar-refractivity contribution in [2.45, 2.75) is 6.54 Å². The summed E-state index contributed by atoms with van der Waals surface area (Å²) in [6.07, 6.45) is 1.77. The molecule has 0 bridgehead atoms. The molecule has 1 aromatic heterocycles. The van der Waals surface area contributed by atoms with Gasteiger partial charge in [0.1, 0.15) is 0 Å². The van der Waals surface area contributed by atoms with Crippen LogP contribution >= 0.6 is 11.6 Å². The molecule has 0 aliphatic carbocycles. The first-order valence-electron chi connectivity index (χ1n) is 5.29. The van der Waals surface area contributed by atoms with Crippen LogP contribution in [0.2, 0.25) is 5.02 Å². The quantitative estimate of drug-likeness (QED) is 0.789. The maximum atomic E-state index is 11.4. The average molecular weight is 266 g/mol. The smallest absolute Gasteiger partial charge is 0.430 e. The minimum absolute atomic E-state index is 0.00234. The highest BCUT2D eigenvalue weighted by Crippen LogP contribution is 2.11. The van der Waals surface area contributed by atoms with E-state index in [1.165, 1.54) is 0 Å². The number of hydrogen-bond acceptors (Lipinski definition) is 3.